The molecule has 2 aromatic rings. The van der Waals surface area contributed by atoms with Crippen molar-refractivity contribution in [2.75, 3.05) is 7.11 Å². The van der Waals surface area contributed by atoms with Gasteiger partial charge in [-0.3, -0.25) is 0 Å². The summed E-state index contributed by atoms with van der Waals surface area (Å²) in [6, 6.07) is 9.73. The summed E-state index contributed by atoms with van der Waals surface area (Å²) < 4.78 is 33.4. The Morgan fingerprint density at radius 1 is 1.04 bits per heavy atom. The monoisotopic (exact) mass is 381 g/mol. The summed E-state index contributed by atoms with van der Waals surface area (Å²) in [6.07, 6.45) is 0. The van der Waals surface area contributed by atoms with E-state index < -0.39 is 10.0 Å². The lowest BCUT2D eigenvalue weighted by Crippen LogP contribution is -2.27. The van der Waals surface area contributed by atoms with Crippen molar-refractivity contribution < 1.29 is 13.2 Å². The molecule has 0 aromatic heterocycles. The van der Waals surface area contributed by atoms with Crippen LogP contribution in [-0.4, -0.2) is 15.5 Å². The summed E-state index contributed by atoms with van der Waals surface area (Å²) in [6.45, 7) is 7.96. The molecule has 0 fully saturated rings. The number of ether oxygens (including phenoxy) is 1. The molecular formula is C19H24ClNO3S. The van der Waals surface area contributed by atoms with Gasteiger partial charge in [-0.2, -0.15) is 0 Å². The molecule has 0 aliphatic rings. The topological polar surface area (TPSA) is 55.4 Å². The van der Waals surface area contributed by atoms with Crippen molar-refractivity contribution >= 4 is 21.6 Å². The standard InChI is InChI=1S/C19H24ClNO3S/c1-12(2)17-11-18(13(3)10-19(17)24-5)14(4)21-25(22,23)16-8-6-15(20)7-9-16/h6-12,14,21H,1-5H3. The van der Waals surface area contributed by atoms with Gasteiger partial charge in [0.1, 0.15) is 5.75 Å². The highest BCUT2D eigenvalue weighted by Crippen LogP contribution is 2.32. The largest absolute Gasteiger partial charge is 0.496 e. The Balaban J connectivity index is 2.35. The van der Waals surface area contributed by atoms with Crippen LogP contribution >= 0.6 is 11.6 Å². The maximum absolute atomic E-state index is 12.6. The summed E-state index contributed by atoms with van der Waals surface area (Å²) in [7, 11) is -1.98. The highest BCUT2D eigenvalue weighted by Gasteiger charge is 2.21. The molecule has 2 rings (SSSR count). The lowest BCUT2D eigenvalue weighted by molar-refractivity contribution is 0.406. The molecule has 0 amide bonds. The summed E-state index contributed by atoms with van der Waals surface area (Å²) in [5, 5.41) is 0.500. The number of hydrogen-bond acceptors (Lipinski definition) is 3. The molecule has 2 aromatic carbocycles. The number of sulfonamides is 1. The van der Waals surface area contributed by atoms with Gasteiger partial charge in [-0.15, -0.1) is 0 Å². The average molecular weight is 382 g/mol. The first-order valence-electron chi connectivity index (χ1n) is 8.12. The van der Waals surface area contributed by atoms with E-state index in [2.05, 4.69) is 18.6 Å². The summed E-state index contributed by atoms with van der Waals surface area (Å²) in [5.74, 6) is 1.10. The Morgan fingerprint density at radius 3 is 2.16 bits per heavy atom. The maximum Gasteiger partial charge on any atom is 0.241 e. The number of aryl methyl sites for hydroxylation is 1. The van der Waals surface area contributed by atoms with Crippen LogP contribution in [0.1, 0.15) is 49.4 Å². The van der Waals surface area contributed by atoms with Gasteiger partial charge in [0.15, 0.2) is 0 Å². The fraction of sp³-hybridized carbons (Fsp3) is 0.368. The minimum Gasteiger partial charge on any atom is -0.496 e. The predicted octanol–water partition coefficient (Wildman–Crippen LogP) is 4.82. The smallest absolute Gasteiger partial charge is 0.241 e. The molecule has 6 heteroatoms. The molecule has 136 valence electrons. The van der Waals surface area contributed by atoms with Crippen molar-refractivity contribution in [3.8, 4) is 5.75 Å². The van der Waals surface area contributed by atoms with Crippen molar-refractivity contribution in [1.29, 1.82) is 0 Å². The fourth-order valence-corrected chi connectivity index (χ4v) is 4.14. The SMILES string of the molecule is COc1cc(C)c(C(C)NS(=O)(=O)c2ccc(Cl)cc2)cc1C(C)C. The fourth-order valence-electron chi connectivity index (χ4n) is 2.79. The minimum absolute atomic E-state index is 0.194. The molecule has 1 N–H and O–H groups in total. The Morgan fingerprint density at radius 2 is 1.64 bits per heavy atom. The van der Waals surface area contributed by atoms with Crippen LogP contribution in [0.5, 0.6) is 5.75 Å². The summed E-state index contributed by atoms with van der Waals surface area (Å²) in [4.78, 5) is 0.194. The summed E-state index contributed by atoms with van der Waals surface area (Å²) >= 11 is 5.83. The Kier molecular flexibility index (Phi) is 6.14. The lowest BCUT2D eigenvalue weighted by Gasteiger charge is -2.21. The van der Waals surface area contributed by atoms with E-state index in [1.54, 1.807) is 19.2 Å². The van der Waals surface area contributed by atoms with Gasteiger partial charge in [-0.05, 0) is 72.9 Å². The second kappa shape index (κ2) is 7.77. The van der Waals surface area contributed by atoms with Crippen LogP contribution < -0.4 is 9.46 Å². The number of rotatable bonds is 6. The van der Waals surface area contributed by atoms with Crippen molar-refractivity contribution in [1.82, 2.24) is 4.72 Å². The molecule has 4 nitrogen and oxygen atoms in total. The van der Waals surface area contributed by atoms with Crippen molar-refractivity contribution in [2.45, 2.75) is 44.6 Å². The zero-order valence-electron chi connectivity index (χ0n) is 15.1. The van der Waals surface area contributed by atoms with E-state index in [0.717, 1.165) is 22.4 Å². The van der Waals surface area contributed by atoms with E-state index in [-0.39, 0.29) is 16.9 Å². The quantitative estimate of drug-likeness (QED) is 0.780. The molecule has 1 unspecified atom stereocenters. The van der Waals surface area contributed by atoms with Gasteiger partial charge < -0.3 is 4.74 Å². The van der Waals surface area contributed by atoms with Crippen molar-refractivity contribution in [3.05, 3.63) is 58.1 Å². The van der Waals surface area contributed by atoms with E-state index in [4.69, 9.17) is 16.3 Å². The van der Waals surface area contributed by atoms with Crippen molar-refractivity contribution in [3.63, 3.8) is 0 Å². The van der Waals surface area contributed by atoms with Gasteiger partial charge in [0.2, 0.25) is 10.0 Å². The third kappa shape index (κ3) is 4.54. The predicted molar refractivity (Wildman–Crippen MR) is 102 cm³/mol. The van der Waals surface area contributed by atoms with Crippen LogP contribution in [0.2, 0.25) is 5.02 Å². The third-order valence-electron chi connectivity index (χ3n) is 4.16. The van der Waals surface area contributed by atoms with Gasteiger partial charge in [-0.1, -0.05) is 25.4 Å². The Labute approximate surface area is 155 Å². The van der Waals surface area contributed by atoms with E-state index in [9.17, 15) is 8.42 Å². The first-order chi connectivity index (χ1) is 11.7. The molecule has 0 heterocycles. The van der Waals surface area contributed by atoms with Crippen molar-refractivity contribution in [2.24, 2.45) is 0 Å². The van der Waals surface area contributed by atoms with Gasteiger partial charge >= 0.3 is 0 Å². The second-order valence-corrected chi connectivity index (χ2v) is 8.55. The van der Waals surface area contributed by atoms with E-state index in [1.165, 1.54) is 12.1 Å². The minimum atomic E-state index is -3.63. The summed E-state index contributed by atoms with van der Waals surface area (Å²) in [5.41, 5.74) is 2.97. The van der Waals surface area contributed by atoms with E-state index in [1.807, 2.05) is 26.0 Å². The number of methoxy groups -OCH3 is 1. The second-order valence-electron chi connectivity index (χ2n) is 6.40. The number of benzene rings is 2. The normalized spacial score (nSPS) is 13.1. The molecule has 0 radical (unpaired) electrons. The van der Waals surface area contributed by atoms with Crippen LogP contribution in [0, 0.1) is 6.92 Å². The molecule has 0 aliphatic carbocycles. The zero-order chi connectivity index (χ0) is 18.8. The van der Waals surface area contributed by atoms with Crippen LogP contribution in [0.3, 0.4) is 0 Å². The molecule has 0 saturated heterocycles. The Bertz CT molecular complexity index is 846. The first kappa shape index (κ1) is 19.8. The van der Waals surface area contributed by atoms with Gasteiger partial charge in [-0.25, -0.2) is 13.1 Å². The number of hydrogen-bond donors (Lipinski definition) is 1. The molecule has 0 bridgehead atoms. The molecule has 25 heavy (non-hydrogen) atoms. The first-order valence-corrected chi connectivity index (χ1v) is 9.98. The van der Waals surface area contributed by atoms with Crippen LogP contribution in [0.4, 0.5) is 0 Å². The maximum atomic E-state index is 12.6. The molecule has 0 saturated carbocycles. The van der Waals surface area contributed by atoms with Gasteiger partial charge in [0.05, 0.1) is 12.0 Å². The van der Waals surface area contributed by atoms with Crippen LogP contribution in [0.25, 0.3) is 0 Å². The van der Waals surface area contributed by atoms with Crippen LogP contribution in [-0.2, 0) is 10.0 Å². The molecule has 0 spiro atoms. The van der Waals surface area contributed by atoms with E-state index >= 15 is 0 Å². The highest BCUT2D eigenvalue weighted by atomic mass is 35.5. The van der Waals surface area contributed by atoms with E-state index in [0.29, 0.717) is 5.02 Å². The number of halogens is 1. The van der Waals surface area contributed by atoms with Gasteiger partial charge in [0, 0.05) is 11.1 Å². The molecular weight excluding hydrogens is 358 g/mol. The lowest BCUT2D eigenvalue weighted by atomic mass is 9.94. The Hall–Kier alpha value is -1.56. The highest BCUT2D eigenvalue weighted by molar-refractivity contribution is 7.89. The average Bonchev–Trinajstić information content (AvgIpc) is 2.53. The zero-order valence-corrected chi connectivity index (χ0v) is 16.7. The van der Waals surface area contributed by atoms with Crippen LogP contribution in [0.15, 0.2) is 41.3 Å². The third-order valence-corrected chi connectivity index (χ3v) is 5.97. The molecule has 1 atom stereocenters. The number of nitrogens with one attached hydrogen (secondary N) is 1. The van der Waals surface area contributed by atoms with Gasteiger partial charge in [0.25, 0.3) is 0 Å². The molecule has 0 aliphatic heterocycles.